The van der Waals surface area contributed by atoms with Crippen molar-refractivity contribution in [1.29, 1.82) is 0 Å². The first kappa shape index (κ1) is 17.1. The van der Waals surface area contributed by atoms with E-state index < -0.39 is 0 Å². The lowest BCUT2D eigenvalue weighted by Gasteiger charge is -2.58. The van der Waals surface area contributed by atoms with E-state index in [0.717, 1.165) is 64.6 Å². The lowest BCUT2D eigenvalue weighted by Crippen LogP contribution is -2.50. The summed E-state index contributed by atoms with van der Waals surface area (Å²) in [4.78, 5) is 0. The zero-order valence-electron chi connectivity index (χ0n) is 17.3. The van der Waals surface area contributed by atoms with Crippen LogP contribution in [0.2, 0.25) is 0 Å². The quantitative estimate of drug-likeness (QED) is 0.509. The lowest BCUT2D eigenvalue weighted by molar-refractivity contribution is -0.0875. The van der Waals surface area contributed by atoms with Crippen molar-refractivity contribution in [2.75, 3.05) is 0 Å². The SMILES string of the molecule is CCC(C)C1C2CC2C2[C@@H]3CC[C@@H]4C[C@@H](CC)CC[C@@H]4C3CC[C@]12C. The first-order chi connectivity index (χ1) is 12.1. The van der Waals surface area contributed by atoms with E-state index in [1.165, 1.54) is 12.8 Å². The molecule has 0 aromatic carbocycles. The molecule has 0 radical (unpaired) electrons. The summed E-state index contributed by atoms with van der Waals surface area (Å²) in [5.74, 6) is 11.0. The predicted molar refractivity (Wildman–Crippen MR) is 106 cm³/mol. The summed E-state index contributed by atoms with van der Waals surface area (Å²) < 4.78 is 0. The van der Waals surface area contributed by atoms with Crippen LogP contribution in [-0.2, 0) is 0 Å². The molecule has 0 nitrogen and oxygen atoms in total. The molecule has 0 aromatic heterocycles. The van der Waals surface area contributed by atoms with Crippen molar-refractivity contribution in [2.24, 2.45) is 64.6 Å². The van der Waals surface area contributed by atoms with Crippen LogP contribution in [-0.4, -0.2) is 0 Å². The maximum atomic E-state index is 2.76. The van der Waals surface area contributed by atoms with Gasteiger partial charge in [-0.25, -0.2) is 0 Å². The van der Waals surface area contributed by atoms with Crippen LogP contribution in [0.4, 0.5) is 0 Å². The van der Waals surface area contributed by atoms with Crippen LogP contribution in [0.25, 0.3) is 0 Å². The third-order valence-corrected chi connectivity index (χ3v) is 10.8. The molecule has 5 fully saturated rings. The van der Waals surface area contributed by atoms with Gasteiger partial charge in [0.15, 0.2) is 0 Å². The number of hydrogen-bond donors (Lipinski definition) is 0. The highest BCUT2D eigenvalue weighted by Crippen LogP contribution is 2.76. The molecule has 142 valence electrons. The topological polar surface area (TPSA) is 0 Å². The molecule has 0 spiro atoms. The second-order valence-corrected chi connectivity index (χ2v) is 11.5. The van der Waals surface area contributed by atoms with E-state index in [1.54, 1.807) is 51.4 Å². The van der Waals surface area contributed by atoms with Crippen molar-refractivity contribution >= 4 is 0 Å². The Morgan fingerprint density at radius 1 is 0.840 bits per heavy atom. The molecule has 0 bridgehead atoms. The van der Waals surface area contributed by atoms with E-state index in [0.29, 0.717) is 0 Å². The van der Waals surface area contributed by atoms with E-state index in [2.05, 4.69) is 27.7 Å². The molecule has 5 rings (SSSR count). The fraction of sp³-hybridized carbons (Fsp3) is 1.00. The van der Waals surface area contributed by atoms with Gasteiger partial charge in [0.1, 0.15) is 0 Å². The highest BCUT2D eigenvalue weighted by atomic mass is 14.7. The number of fused-ring (bicyclic) bond motifs is 7. The third-order valence-electron chi connectivity index (χ3n) is 10.8. The van der Waals surface area contributed by atoms with Crippen LogP contribution in [0.3, 0.4) is 0 Å². The normalized spacial score (nSPS) is 57.8. The Bertz CT molecular complexity index is 508. The van der Waals surface area contributed by atoms with Crippen molar-refractivity contribution in [3.05, 3.63) is 0 Å². The molecule has 5 aliphatic carbocycles. The largest absolute Gasteiger partial charge is 0.0651 e. The van der Waals surface area contributed by atoms with Gasteiger partial charge in [0, 0.05) is 0 Å². The van der Waals surface area contributed by atoms with E-state index in [9.17, 15) is 0 Å². The van der Waals surface area contributed by atoms with Gasteiger partial charge in [-0.1, -0.05) is 47.0 Å². The molecule has 0 N–H and O–H groups in total. The molecular formula is C25H42. The van der Waals surface area contributed by atoms with Crippen LogP contribution in [0.5, 0.6) is 0 Å². The Labute approximate surface area is 156 Å². The van der Waals surface area contributed by atoms with Crippen LogP contribution in [0, 0.1) is 64.6 Å². The maximum Gasteiger partial charge on any atom is -0.0258 e. The van der Waals surface area contributed by atoms with Gasteiger partial charge in [-0.2, -0.15) is 0 Å². The zero-order valence-corrected chi connectivity index (χ0v) is 17.3. The van der Waals surface area contributed by atoms with Crippen molar-refractivity contribution in [3.8, 4) is 0 Å². The summed E-state index contributed by atoms with van der Waals surface area (Å²) in [6.45, 7) is 10.2. The summed E-state index contributed by atoms with van der Waals surface area (Å²) in [7, 11) is 0. The Morgan fingerprint density at radius 2 is 1.64 bits per heavy atom. The first-order valence-electron chi connectivity index (χ1n) is 12.1. The highest BCUT2D eigenvalue weighted by Gasteiger charge is 2.69. The lowest BCUT2D eigenvalue weighted by atomic mass is 9.47. The Balaban J connectivity index is 1.39. The van der Waals surface area contributed by atoms with Gasteiger partial charge in [0.2, 0.25) is 0 Å². The van der Waals surface area contributed by atoms with E-state index in [-0.39, 0.29) is 0 Å². The molecule has 5 saturated carbocycles. The van der Waals surface area contributed by atoms with Gasteiger partial charge < -0.3 is 0 Å². The van der Waals surface area contributed by atoms with Crippen molar-refractivity contribution in [1.82, 2.24) is 0 Å². The van der Waals surface area contributed by atoms with Crippen molar-refractivity contribution < 1.29 is 0 Å². The van der Waals surface area contributed by atoms with Crippen molar-refractivity contribution in [3.63, 3.8) is 0 Å². The summed E-state index contributed by atoms with van der Waals surface area (Å²) in [6.07, 6.45) is 15.6. The van der Waals surface area contributed by atoms with Crippen LogP contribution < -0.4 is 0 Å². The minimum absolute atomic E-state index is 0.720. The molecule has 0 heteroatoms. The summed E-state index contributed by atoms with van der Waals surface area (Å²) >= 11 is 0. The molecule has 0 saturated heterocycles. The van der Waals surface area contributed by atoms with Crippen molar-refractivity contribution in [2.45, 2.75) is 91.9 Å². The third kappa shape index (κ3) is 2.37. The van der Waals surface area contributed by atoms with Gasteiger partial charge in [0.25, 0.3) is 0 Å². The molecule has 0 amide bonds. The number of rotatable bonds is 3. The maximum absolute atomic E-state index is 2.76. The van der Waals surface area contributed by atoms with Gasteiger partial charge in [-0.3, -0.25) is 0 Å². The van der Waals surface area contributed by atoms with E-state index in [4.69, 9.17) is 0 Å². The Hall–Kier alpha value is 0. The summed E-state index contributed by atoms with van der Waals surface area (Å²) in [5, 5.41) is 0. The molecule has 0 aromatic rings. The van der Waals surface area contributed by atoms with Gasteiger partial charge in [-0.05, 0) is 110 Å². The highest BCUT2D eigenvalue weighted by molar-refractivity contribution is 5.17. The molecule has 6 unspecified atom stereocenters. The zero-order chi connectivity index (χ0) is 17.3. The molecule has 5 aliphatic rings. The molecule has 11 atom stereocenters. The first-order valence-corrected chi connectivity index (χ1v) is 12.1. The second-order valence-electron chi connectivity index (χ2n) is 11.5. The van der Waals surface area contributed by atoms with Gasteiger partial charge in [-0.15, -0.1) is 0 Å². The summed E-state index contributed by atoms with van der Waals surface area (Å²) in [5.41, 5.74) is 0.720. The summed E-state index contributed by atoms with van der Waals surface area (Å²) in [6, 6.07) is 0. The van der Waals surface area contributed by atoms with Crippen LogP contribution in [0.1, 0.15) is 91.9 Å². The molecule has 0 heterocycles. The van der Waals surface area contributed by atoms with E-state index in [1.807, 2.05) is 0 Å². The Kier molecular flexibility index (Phi) is 4.11. The monoisotopic (exact) mass is 342 g/mol. The van der Waals surface area contributed by atoms with Gasteiger partial charge >= 0.3 is 0 Å². The fourth-order valence-corrected chi connectivity index (χ4v) is 9.67. The van der Waals surface area contributed by atoms with Gasteiger partial charge in [0.05, 0.1) is 0 Å². The second kappa shape index (κ2) is 6.00. The average Bonchev–Trinajstić information content (AvgIpc) is 3.34. The Morgan fingerprint density at radius 3 is 2.40 bits per heavy atom. The fourth-order valence-electron chi connectivity index (χ4n) is 9.67. The van der Waals surface area contributed by atoms with Crippen LogP contribution in [0.15, 0.2) is 0 Å². The minimum atomic E-state index is 0.720. The smallest absolute Gasteiger partial charge is 0.0258 e. The minimum Gasteiger partial charge on any atom is -0.0651 e. The molecule has 25 heavy (non-hydrogen) atoms. The average molecular weight is 343 g/mol. The van der Waals surface area contributed by atoms with Crippen LogP contribution >= 0.6 is 0 Å². The number of hydrogen-bond acceptors (Lipinski definition) is 0. The predicted octanol–water partition coefficient (Wildman–Crippen LogP) is 7.18. The molecular weight excluding hydrogens is 300 g/mol. The molecule has 0 aliphatic heterocycles. The standard InChI is InChI=1S/C25H42/c1-5-15(3)23-21-14-22(21)24-20-10-8-17-13-16(6-2)7-9-18(17)19(20)11-12-25(23,24)4/h15-24H,5-14H2,1-4H3/t15?,16-,17+,18-,19?,20+,21?,22?,23?,24?,25+/m0/s1. The van der Waals surface area contributed by atoms with E-state index >= 15 is 0 Å².